The fraction of sp³-hybridized carbons (Fsp3) is 0. The maximum absolute atomic E-state index is 5.65. The van der Waals surface area contributed by atoms with Gasteiger partial charge in [-0.25, -0.2) is 9.38 Å². The largest absolute Gasteiger partial charge is 0.385 e. The summed E-state index contributed by atoms with van der Waals surface area (Å²) in [4.78, 5) is 4.00. The summed E-state index contributed by atoms with van der Waals surface area (Å²) < 4.78 is 2.49. The summed E-state index contributed by atoms with van der Waals surface area (Å²) in [6.45, 7) is 0. The van der Waals surface area contributed by atoms with Crippen LogP contribution in [0.5, 0.6) is 0 Å². The van der Waals surface area contributed by atoms with E-state index in [0.717, 1.165) is 0 Å². The third-order valence-corrected chi connectivity index (χ3v) is 1.94. The molecule has 0 unspecified atom stereocenters. The van der Waals surface area contributed by atoms with Crippen LogP contribution in [-0.2, 0) is 0 Å². The van der Waals surface area contributed by atoms with Gasteiger partial charge in [-0.05, 0) is 12.2 Å². The summed E-state index contributed by atoms with van der Waals surface area (Å²) in [5, 5.41) is 5.45. The van der Waals surface area contributed by atoms with E-state index in [4.69, 9.17) is 30.2 Å². The van der Waals surface area contributed by atoms with Crippen LogP contribution in [0.25, 0.3) is 5.78 Å². The Morgan fingerprint density at radius 1 is 1.42 bits per heavy atom. The van der Waals surface area contributed by atoms with Crippen molar-refractivity contribution in [1.82, 2.24) is 19.6 Å². The summed E-state index contributed by atoms with van der Waals surface area (Å²) in [7, 11) is 0. The molecule has 0 aliphatic rings. The van der Waals surface area contributed by atoms with Crippen molar-refractivity contribution in [2.24, 2.45) is 0 Å². The minimum Gasteiger partial charge on any atom is -0.385 e. The van der Waals surface area contributed by atoms with Crippen LogP contribution >= 0.6 is 24.4 Å². The number of nitrogens with two attached hydrogens (primary N) is 1. The number of hydrogen-bond acceptors (Lipinski definition) is 4. The number of nitrogens with one attached hydrogen (secondary N) is 2. The zero-order chi connectivity index (χ0) is 8.72. The third kappa shape index (κ3) is 0.942. The first-order valence-corrected chi connectivity index (χ1v) is 3.96. The van der Waals surface area contributed by atoms with Crippen LogP contribution in [0.4, 0.5) is 5.82 Å². The molecule has 0 aromatic carbocycles. The summed E-state index contributed by atoms with van der Waals surface area (Å²) in [5.41, 5.74) is 5.65. The van der Waals surface area contributed by atoms with Crippen molar-refractivity contribution in [1.29, 1.82) is 0 Å². The van der Waals surface area contributed by atoms with Crippen LogP contribution in [0.2, 0.25) is 0 Å². The number of aromatic nitrogens is 4. The molecule has 0 bridgehead atoms. The van der Waals surface area contributed by atoms with Crippen molar-refractivity contribution < 1.29 is 0 Å². The molecule has 0 saturated carbocycles. The van der Waals surface area contributed by atoms with E-state index in [9.17, 15) is 0 Å². The number of aromatic amines is 2. The summed E-state index contributed by atoms with van der Waals surface area (Å²) in [5.74, 6) is 1.01. The van der Waals surface area contributed by atoms with Crippen molar-refractivity contribution in [2.75, 3.05) is 5.73 Å². The van der Waals surface area contributed by atoms with Crippen LogP contribution in [-0.4, -0.2) is 19.6 Å². The van der Waals surface area contributed by atoms with Crippen molar-refractivity contribution in [2.45, 2.75) is 0 Å². The molecule has 2 rings (SSSR count). The minimum atomic E-state index is 0.442. The van der Waals surface area contributed by atoms with Gasteiger partial charge in [0, 0.05) is 6.07 Å². The van der Waals surface area contributed by atoms with E-state index in [1.807, 2.05) is 0 Å². The van der Waals surface area contributed by atoms with Gasteiger partial charge in [-0.15, -0.1) is 0 Å². The molecule has 0 atom stereocenters. The van der Waals surface area contributed by atoms with Crippen LogP contribution in [0.3, 0.4) is 0 Å². The highest BCUT2D eigenvalue weighted by Gasteiger charge is 1.99. The van der Waals surface area contributed by atoms with Gasteiger partial charge in [0.1, 0.15) is 10.5 Å². The van der Waals surface area contributed by atoms with Gasteiger partial charge in [-0.3, -0.25) is 10.2 Å². The van der Waals surface area contributed by atoms with Gasteiger partial charge in [0.05, 0.1) is 0 Å². The summed E-state index contributed by atoms with van der Waals surface area (Å²) in [6, 6.07) is 1.58. The number of nitrogen functional groups attached to an aromatic ring is 1. The zero-order valence-electron chi connectivity index (χ0n) is 5.87. The lowest BCUT2D eigenvalue weighted by Gasteiger charge is -1.95. The molecular weight excluding hydrogens is 194 g/mol. The van der Waals surface area contributed by atoms with Crippen molar-refractivity contribution in [3.63, 3.8) is 0 Å². The van der Waals surface area contributed by atoms with Crippen LogP contribution in [0.1, 0.15) is 0 Å². The molecule has 0 aliphatic carbocycles. The van der Waals surface area contributed by atoms with Gasteiger partial charge in [-0.2, -0.15) is 0 Å². The molecular formula is C5H5N5S2. The molecule has 2 aromatic rings. The first-order chi connectivity index (χ1) is 5.68. The average Bonchev–Trinajstić information content (AvgIpc) is 2.31. The number of anilines is 1. The molecule has 7 heteroatoms. The van der Waals surface area contributed by atoms with Gasteiger partial charge in [0.25, 0.3) is 0 Å². The van der Waals surface area contributed by atoms with Crippen LogP contribution in [0.15, 0.2) is 6.07 Å². The average molecular weight is 199 g/mol. The highest BCUT2D eigenvalue weighted by Crippen LogP contribution is 2.04. The fourth-order valence-electron chi connectivity index (χ4n) is 0.963. The predicted octanol–water partition coefficient (Wildman–Crippen LogP) is 1.03. The van der Waals surface area contributed by atoms with Gasteiger partial charge < -0.3 is 5.73 Å². The van der Waals surface area contributed by atoms with E-state index >= 15 is 0 Å². The molecule has 2 aromatic heterocycles. The second kappa shape index (κ2) is 2.39. The monoisotopic (exact) mass is 199 g/mol. The predicted molar refractivity (Wildman–Crippen MR) is 50.0 cm³/mol. The Hall–Kier alpha value is -1.21. The smallest absolute Gasteiger partial charge is 0.231 e. The Labute approximate surface area is 77.2 Å². The minimum absolute atomic E-state index is 0.442. The maximum atomic E-state index is 5.65. The molecule has 5 nitrogen and oxygen atoms in total. The van der Waals surface area contributed by atoms with E-state index in [1.54, 1.807) is 10.5 Å². The Kier molecular flexibility index (Phi) is 1.48. The van der Waals surface area contributed by atoms with E-state index in [-0.39, 0.29) is 0 Å². The summed E-state index contributed by atoms with van der Waals surface area (Å²) in [6.07, 6.45) is 0. The standard InChI is InChI=1S/C5H5N5S2/c6-2-1-3(11)7-4-8-9-5(12)10(2)4/h1H,6H2,(H,9,12)(H,7,8,11). The molecule has 0 saturated heterocycles. The Balaban J connectivity index is 3.13. The normalized spacial score (nSPS) is 10.7. The van der Waals surface area contributed by atoms with Gasteiger partial charge in [-0.1, -0.05) is 12.2 Å². The van der Waals surface area contributed by atoms with Crippen LogP contribution < -0.4 is 5.73 Å². The van der Waals surface area contributed by atoms with Crippen molar-refractivity contribution >= 4 is 36.0 Å². The zero-order valence-corrected chi connectivity index (χ0v) is 7.50. The second-order valence-electron chi connectivity index (χ2n) is 2.23. The highest BCUT2D eigenvalue weighted by molar-refractivity contribution is 7.71. The van der Waals surface area contributed by atoms with Gasteiger partial charge >= 0.3 is 0 Å². The van der Waals surface area contributed by atoms with Crippen molar-refractivity contribution in [3.05, 3.63) is 15.5 Å². The lowest BCUT2D eigenvalue weighted by molar-refractivity contribution is 1.08. The molecule has 4 N–H and O–H groups in total. The van der Waals surface area contributed by atoms with Gasteiger partial charge in [0.15, 0.2) is 0 Å². The maximum Gasteiger partial charge on any atom is 0.231 e. The number of nitrogens with zero attached hydrogens (tertiary/aromatic N) is 2. The molecule has 2 heterocycles. The van der Waals surface area contributed by atoms with E-state index in [1.165, 1.54) is 0 Å². The molecule has 0 aliphatic heterocycles. The molecule has 12 heavy (non-hydrogen) atoms. The molecule has 62 valence electrons. The number of rotatable bonds is 0. The molecule has 0 amide bonds. The Morgan fingerprint density at radius 2 is 2.17 bits per heavy atom. The first-order valence-electron chi connectivity index (χ1n) is 3.14. The lowest BCUT2D eigenvalue weighted by Crippen LogP contribution is -1.98. The topological polar surface area (TPSA) is 74.9 Å². The highest BCUT2D eigenvalue weighted by atomic mass is 32.1. The number of fused-ring (bicyclic) bond motifs is 1. The molecule has 0 radical (unpaired) electrons. The lowest BCUT2D eigenvalue weighted by atomic mass is 10.6. The molecule has 0 spiro atoms. The quantitative estimate of drug-likeness (QED) is 0.554. The Bertz CT molecular complexity index is 532. The van der Waals surface area contributed by atoms with Crippen LogP contribution in [0, 0.1) is 9.41 Å². The van der Waals surface area contributed by atoms with E-state index in [0.29, 0.717) is 21.0 Å². The van der Waals surface area contributed by atoms with E-state index in [2.05, 4.69) is 15.2 Å². The number of hydrogen-bond donors (Lipinski definition) is 3. The fourth-order valence-corrected chi connectivity index (χ4v) is 1.41. The van der Waals surface area contributed by atoms with Crippen molar-refractivity contribution in [3.8, 4) is 0 Å². The van der Waals surface area contributed by atoms with Gasteiger partial charge in [0.2, 0.25) is 10.5 Å². The number of H-pyrrole nitrogens is 2. The molecule has 0 fully saturated rings. The second-order valence-corrected chi connectivity index (χ2v) is 3.04. The first kappa shape index (κ1) is 7.44. The summed E-state index contributed by atoms with van der Waals surface area (Å²) >= 11 is 9.80. The Morgan fingerprint density at radius 3 is 2.92 bits per heavy atom. The SMILES string of the molecule is Nc1cc(=S)nc2[nH][nH]c(=S)n12. The third-order valence-electron chi connectivity index (χ3n) is 1.44. The van der Waals surface area contributed by atoms with E-state index < -0.39 is 0 Å².